The van der Waals surface area contributed by atoms with Crippen molar-refractivity contribution in [1.29, 1.82) is 0 Å². The van der Waals surface area contributed by atoms with Gasteiger partial charge in [0.25, 0.3) is 0 Å². The minimum absolute atomic E-state index is 0.988. The second-order valence-electron chi connectivity index (χ2n) is 15.5. The summed E-state index contributed by atoms with van der Waals surface area (Å²) < 4.78 is 7.64. The van der Waals surface area contributed by atoms with Gasteiger partial charge in [0.2, 0.25) is 0 Å². The first-order chi connectivity index (χ1) is 28.3. The highest BCUT2D eigenvalue weighted by atomic mass is 15.0. The smallest absolute Gasteiger partial charge is 0.0623 e. The maximum Gasteiger partial charge on any atom is 0.0623 e. The van der Waals surface area contributed by atoms with Crippen molar-refractivity contribution in [3.8, 4) is 17.1 Å². The molecule has 1 aliphatic rings. The Labute approximate surface area is 328 Å². The number of fused-ring (bicyclic) bond motifs is 13. The van der Waals surface area contributed by atoms with Crippen LogP contribution in [0, 0.1) is 0 Å². The molecule has 0 bridgehead atoms. The molecule has 3 heteroatoms. The summed E-state index contributed by atoms with van der Waals surface area (Å²) in [5.41, 5.74) is 12.5. The molecule has 0 aliphatic heterocycles. The van der Waals surface area contributed by atoms with Crippen LogP contribution in [-0.2, 0) is 6.42 Å². The van der Waals surface area contributed by atoms with Crippen LogP contribution in [0.1, 0.15) is 17.7 Å². The van der Waals surface area contributed by atoms with Crippen molar-refractivity contribution in [2.45, 2.75) is 12.8 Å². The Kier molecular flexibility index (Phi) is 6.28. The Morgan fingerprint density at radius 1 is 0.316 bits per heavy atom. The summed E-state index contributed by atoms with van der Waals surface area (Å²) in [6.07, 6.45) is 6.71. The van der Waals surface area contributed by atoms with Crippen LogP contribution in [0.4, 0.5) is 0 Å². The van der Waals surface area contributed by atoms with E-state index in [1.54, 1.807) is 0 Å². The number of aromatic nitrogens is 3. The third-order valence-electron chi connectivity index (χ3n) is 12.7. The van der Waals surface area contributed by atoms with Crippen molar-refractivity contribution in [2.75, 3.05) is 0 Å². The summed E-state index contributed by atoms with van der Waals surface area (Å²) in [4.78, 5) is 0. The number of benzene rings is 9. The topological polar surface area (TPSA) is 14.8 Å². The predicted molar refractivity (Wildman–Crippen MR) is 242 cm³/mol. The first-order valence-corrected chi connectivity index (χ1v) is 20.0. The summed E-state index contributed by atoms with van der Waals surface area (Å²) >= 11 is 0. The number of para-hydroxylation sites is 5. The SMILES string of the molecule is C1=Cc2c(n(-c3c4ccccc4c(-n4c5ccccc5c5ccccc54)c4ccc5c(-n6c7ccccc7c7ccccc76)cccc5c34)c3ccccc23)CC1. The predicted octanol–water partition coefficient (Wildman–Crippen LogP) is 14.2. The van der Waals surface area contributed by atoms with Crippen LogP contribution < -0.4 is 0 Å². The van der Waals surface area contributed by atoms with E-state index in [-0.39, 0.29) is 0 Å². The molecule has 0 saturated heterocycles. The third kappa shape index (κ3) is 4.10. The van der Waals surface area contributed by atoms with Crippen molar-refractivity contribution >= 4 is 92.9 Å². The van der Waals surface area contributed by atoms with E-state index in [4.69, 9.17) is 0 Å². The summed E-state index contributed by atoms with van der Waals surface area (Å²) in [6, 6.07) is 65.3. The van der Waals surface area contributed by atoms with Gasteiger partial charge in [0.05, 0.1) is 44.6 Å². The molecule has 57 heavy (non-hydrogen) atoms. The molecular weight excluding hydrogens is 691 g/mol. The van der Waals surface area contributed by atoms with Crippen molar-refractivity contribution in [1.82, 2.24) is 13.7 Å². The van der Waals surface area contributed by atoms with Crippen molar-refractivity contribution in [3.05, 3.63) is 193 Å². The first kappa shape index (κ1) is 30.9. The summed E-state index contributed by atoms with van der Waals surface area (Å²) in [7, 11) is 0. The van der Waals surface area contributed by atoms with Gasteiger partial charge in [0.1, 0.15) is 0 Å². The normalized spacial score (nSPS) is 13.1. The van der Waals surface area contributed by atoms with Gasteiger partial charge in [0.15, 0.2) is 0 Å². The van der Waals surface area contributed by atoms with Gasteiger partial charge in [-0.25, -0.2) is 0 Å². The molecule has 1 aliphatic carbocycles. The van der Waals surface area contributed by atoms with E-state index in [1.165, 1.54) is 115 Å². The molecule has 0 radical (unpaired) electrons. The largest absolute Gasteiger partial charge is 0.312 e. The van der Waals surface area contributed by atoms with E-state index < -0.39 is 0 Å². The van der Waals surface area contributed by atoms with Gasteiger partial charge in [-0.05, 0) is 54.6 Å². The molecule has 9 aromatic carbocycles. The Balaban J connectivity index is 1.28. The molecule has 3 nitrogen and oxygen atoms in total. The minimum Gasteiger partial charge on any atom is -0.312 e. The number of allylic oxidation sites excluding steroid dienone is 1. The van der Waals surface area contributed by atoms with Gasteiger partial charge in [0, 0.05) is 65.1 Å². The van der Waals surface area contributed by atoms with Crippen LogP contribution in [0.3, 0.4) is 0 Å². The average Bonchev–Trinajstić information content (AvgIpc) is 3.91. The number of rotatable bonds is 3. The van der Waals surface area contributed by atoms with Gasteiger partial charge >= 0.3 is 0 Å². The Hall–Kier alpha value is -7.36. The number of hydrogen-bond acceptors (Lipinski definition) is 0. The molecule has 12 aromatic rings. The lowest BCUT2D eigenvalue weighted by Crippen LogP contribution is -2.07. The van der Waals surface area contributed by atoms with E-state index in [2.05, 4.69) is 202 Å². The van der Waals surface area contributed by atoms with Gasteiger partial charge in [-0.2, -0.15) is 0 Å². The fraction of sp³-hybridized carbons (Fsp3) is 0.0370. The lowest BCUT2D eigenvalue weighted by Gasteiger charge is -2.24. The van der Waals surface area contributed by atoms with Gasteiger partial charge in [-0.1, -0.05) is 152 Å². The second kappa shape index (κ2) is 11.6. The summed E-state index contributed by atoms with van der Waals surface area (Å²) in [6.45, 7) is 0. The maximum absolute atomic E-state index is 2.63. The fourth-order valence-electron chi connectivity index (χ4n) is 10.4. The highest BCUT2D eigenvalue weighted by molar-refractivity contribution is 6.26. The van der Waals surface area contributed by atoms with Crippen LogP contribution >= 0.6 is 0 Å². The zero-order chi connectivity index (χ0) is 37.2. The third-order valence-corrected chi connectivity index (χ3v) is 12.7. The lowest BCUT2D eigenvalue weighted by molar-refractivity contribution is 0.895. The summed E-state index contributed by atoms with van der Waals surface area (Å²) in [5, 5.41) is 13.8. The van der Waals surface area contributed by atoms with Crippen LogP contribution in [-0.4, -0.2) is 13.7 Å². The lowest BCUT2D eigenvalue weighted by atomic mass is 9.92. The van der Waals surface area contributed by atoms with E-state index in [0.29, 0.717) is 0 Å². The molecule has 0 amide bonds. The minimum atomic E-state index is 0.988. The van der Waals surface area contributed by atoms with E-state index in [1.807, 2.05) is 0 Å². The zero-order valence-corrected chi connectivity index (χ0v) is 31.2. The number of hydrogen-bond donors (Lipinski definition) is 0. The molecule has 0 spiro atoms. The average molecular weight is 726 g/mol. The van der Waals surface area contributed by atoms with Crippen molar-refractivity contribution < 1.29 is 0 Å². The molecular formula is C54H35N3. The Morgan fingerprint density at radius 2 is 0.772 bits per heavy atom. The molecule has 0 atom stereocenters. The van der Waals surface area contributed by atoms with Gasteiger partial charge in [-0.15, -0.1) is 0 Å². The monoisotopic (exact) mass is 725 g/mol. The summed E-state index contributed by atoms with van der Waals surface area (Å²) in [5.74, 6) is 0. The van der Waals surface area contributed by atoms with E-state index in [0.717, 1.165) is 12.8 Å². The van der Waals surface area contributed by atoms with E-state index in [9.17, 15) is 0 Å². The van der Waals surface area contributed by atoms with E-state index >= 15 is 0 Å². The van der Waals surface area contributed by atoms with Gasteiger partial charge < -0.3 is 13.7 Å². The van der Waals surface area contributed by atoms with Crippen molar-refractivity contribution in [3.63, 3.8) is 0 Å². The molecule has 13 rings (SSSR count). The molecule has 3 aromatic heterocycles. The number of nitrogens with zero attached hydrogens (tertiary/aromatic N) is 3. The standard InChI is InChI=1S/C54H35N3/c1-2-23-43-42(22-1)53(56-48-27-11-5-18-36(48)37-19-6-12-28-49(37)56)44-33-32-40-41(52(44)54(43)57-50-29-13-7-20-38(50)39-21-8-14-30-51(39)57)24-15-31-47(40)55-45-25-9-3-16-34(45)35-17-4-10-26-46(35)55/h1-13,15-29,31-33H,14,30H2. The molecule has 0 saturated carbocycles. The Morgan fingerprint density at radius 3 is 1.37 bits per heavy atom. The van der Waals surface area contributed by atoms with Crippen LogP contribution in [0.2, 0.25) is 0 Å². The molecule has 0 N–H and O–H groups in total. The van der Waals surface area contributed by atoms with Crippen LogP contribution in [0.15, 0.2) is 182 Å². The zero-order valence-electron chi connectivity index (χ0n) is 31.2. The first-order valence-electron chi connectivity index (χ1n) is 20.0. The van der Waals surface area contributed by atoms with Crippen LogP contribution in [0.5, 0.6) is 0 Å². The van der Waals surface area contributed by atoms with Gasteiger partial charge in [-0.3, -0.25) is 0 Å². The molecule has 3 heterocycles. The fourth-order valence-corrected chi connectivity index (χ4v) is 10.4. The molecule has 0 fully saturated rings. The van der Waals surface area contributed by atoms with Crippen LogP contribution in [0.25, 0.3) is 110 Å². The molecule has 266 valence electrons. The van der Waals surface area contributed by atoms with Crippen molar-refractivity contribution in [2.24, 2.45) is 0 Å². The highest BCUT2D eigenvalue weighted by Gasteiger charge is 2.26. The maximum atomic E-state index is 2.63. The second-order valence-corrected chi connectivity index (χ2v) is 15.5. The highest BCUT2D eigenvalue weighted by Crippen LogP contribution is 2.47. The molecule has 0 unspecified atom stereocenters. The Bertz CT molecular complexity index is 3590. The quantitative estimate of drug-likeness (QED) is 0.127.